The Labute approximate surface area is 124 Å². The largest absolute Gasteiger partial charge is 0.508 e. The van der Waals surface area contributed by atoms with Gasteiger partial charge in [0.2, 0.25) is 0 Å². The predicted molar refractivity (Wildman–Crippen MR) is 87.4 cm³/mol. The maximum absolute atomic E-state index is 10.1. The van der Waals surface area contributed by atoms with E-state index in [-0.39, 0.29) is 0 Å². The molecule has 3 aromatic carbocycles. The van der Waals surface area contributed by atoms with Crippen molar-refractivity contribution >= 4 is 22.1 Å². The Morgan fingerprint density at radius 2 is 1.67 bits per heavy atom. The summed E-state index contributed by atoms with van der Waals surface area (Å²) in [7, 11) is 0. The Bertz CT molecular complexity index is 810. The van der Waals surface area contributed by atoms with Crippen LogP contribution >= 0.6 is 0 Å². The van der Waals surface area contributed by atoms with Crippen LogP contribution in [0, 0.1) is 0 Å². The zero-order chi connectivity index (χ0) is 14.2. The Balaban J connectivity index is 1.96. The second-order valence-corrected chi connectivity index (χ2v) is 5.57. The van der Waals surface area contributed by atoms with E-state index in [1.54, 1.807) is 0 Å². The summed E-state index contributed by atoms with van der Waals surface area (Å²) in [6.07, 6.45) is 2.27. The smallest absolute Gasteiger partial charge is 0.118 e. The van der Waals surface area contributed by atoms with Gasteiger partial charge in [0.05, 0.1) is 5.69 Å². The predicted octanol–water partition coefficient (Wildman–Crippen LogP) is 4.63. The van der Waals surface area contributed by atoms with Crippen LogP contribution in [0.2, 0.25) is 0 Å². The Morgan fingerprint density at radius 1 is 0.857 bits per heavy atom. The number of nitrogens with zero attached hydrogens (tertiary/aromatic N) is 1. The highest BCUT2D eigenvalue weighted by Crippen LogP contribution is 2.39. The molecule has 2 nitrogen and oxygen atoms in total. The zero-order valence-electron chi connectivity index (χ0n) is 11.8. The summed E-state index contributed by atoms with van der Waals surface area (Å²) in [6.45, 7) is 0.991. The molecule has 0 spiro atoms. The first-order valence-electron chi connectivity index (χ1n) is 7.40. The van der Waals surface area contributed by atoms with Gasteiger partial charge in [0, 0.05) is 23.7 Å². The number of aryl methyl sites for hydroxylation is 1. The van der Waals surface area contributed by atoms with Crippen molar-refractivity contribution in [3.63, 3.8) is 0 Å². The molecule has 1 N–H and O–H groups in total. The van der Waals surface area contributed by atoms with E-state index in [1.165, 1.54) is 16.6 Å². The second-order valence-electron chi connectivity index (χ2n) is 5.57. The topological polar surface area (TPSA) is 23.5 Å². The van der Waals surface area contributed by atoms with Crippen LogP contribution < -0.4 is 4.90 Å². The lowest BCUT2D eigenvalue weighted by Crippen LogP contribution is -2.24. The highest BCUT2D eigenvalue weighted by atomic mass is 16.3. The SMILES string of the molecule is Oc1cc(N2CCCc3ccccc32)c2ccccc2c1. The van der Waals surface area contributed by atoms with Gasteiger partial charge >= 0.3 is 0 Å². The number of phenolic OH excluding ortho intramolecular Hbond substituents is 1. The van der Waals surface area contributed by atoms with Crippen molar-refractivity contribution in [1.29, 1.82) is 0 Å². The molecule has 21 heavy (non-hydrogen) atoms. The monoisotopic (exact) mass is 275 g/mol. The highest BCUT2D eigenvalue weighted by molar-refractivity contribution is 5.97. The van der Waals surface area contributed by atoms with Gasteiger partial charge in [-0.3, -0.25) is 0 Å². The van der Waals surface area contributed by atoms with E-state index in [9.17, 15) is 5.11 Å². The van der Waals surface area contributed by atoms with Gasteiger partial charge in [0.1, 0.15) is 5.75 Å². The first-order valence-corrected chi connectivity index (χ1v) is 7.40. The minimum absolute atomic E-state index is 0.326. The molecule has 2 heteroatoms. The molecular formula is C19H17NO. The number of hydrogen-bond acceptors (Lipinski definition) is 2. The molecule has 0 unspecified atom stereocenters. The number of hydrogen-bond donors (Lipinski definition) is 1. The molecule has 104 valence electrons. The molecule has 0 amide bonds. The molecule has 0 bridgehead atoms. The van der Waals surface area contributed by atoms with E-state index in [1.807, 2.05) is 18.2 Å². The number of rotatable bonds is 1. The lowest BCUT2D eigenvalue weighted by molar-refractivity contribution is 0.476. The fourth-order valence-corrected chi connectivity index (χ4v) is 3.28. The lowest BCUT2D eigenvalue weighted by atomic mass is 9.99. The Kier molecular flexibility index (Phi) is 2.81. The van der Waals surface area contributed by atoms with Gasteiger partial charge in [0.15, 0.2) is 0 Å². The molecule has 0 saturated heterocycles. The minimum atomic E-state index is 0.326. The van der Waals surface area contributed by atoms with E-state index in [4.69, 9.17) is 0 Å². The molecule has 3 aromatic rings. The van der Waals surface area contributed by atoms with Gasteiger partial charge in [-0.15, -0.1) is 0 Å². The number of anilines is 2. The van der Waals surface area contributed by atoms with Gasteiger partial charge in [0.25, 0.3) is 0 Å². The van der Waals surface area contributed by atoms with Crippen LogP contribution in [-0.2, 0) is 6.42 Å². The van der Waals surface area contributed by atoms with Crippen molar-refractivity contribution in [1.82, 2.24) is 0 Å². The number of para-hydroxylation sites is 1. The molecule has 0 aromatic heterocycles. The third kappa shape index (κ3) is 2.04. The maximum atomic E-state index is 10.1. The first-order chi connectivity index (χ1) is 10.3. The van der Waals surface area contributed by atoms with Crippen LogP contribution in [0.4, 0.5) is 11.4 Å². The molecule has 0 aliphatic carbocycles. The molecule has 1 aliphatic rings. The van der Waals surface area contributed by atoms with Crippen molar-refractivity contribution in [2.45, 2.75) is 12.8 Å². The van der Waals surface area contributed by atoms with Crippen molar-refractivity contribution in [2.75, 3.05) is 11.4 Å². The summed E-state index contributed by atoms with van der Waals surface area (Å²) in [5.41, 5.74) is 3.74. The maximum Gasteiger partial charge on any atom is 0.118 e. The van der Waals surface area contributed by atoms with E-state index < -0.39 is 0 Å². The number of phenols is 1. The van der Waals surface area contributed by atoms with Crippen molar-refractivity contribution in [3.8, 4) is 5.75 Å². The van der Waals surface area contributed by atoms with E-state index >= 15 is 0 Å². The van der Waals surface area contributed by atoms with Gasteiger partial charge in [-0.2, -0.15) is 0 Å². The Hall–Kier alpha value is -2.48. The number of aromatic hydroxyl groups is 1. The summed E-state index contributed by atoms with van der Waals surface area (Å²) in [5, 5.41) is 12.3. The fraction of sp³-hybridized carbons (Fsp3) is 0.158. The van der Waals surface area contributed by atoms with Gasteiger partial charge in [-0.05, 0) is 35.9 Å². The lowest BCUT2D eigenvalue weighted by Gasteiger charge is -2.32. The van der Waals surface area contributed by atoms with Crippen molar-refractivity contribution < 1.29 is 5.11 Å². The van der Waals surface area contributed by atoms with E-state index in [0.29, 0.717) is 5.75 Å². The standard InChI is InChI=1S/C19H17NO/c21-16-12-15-7-1-3-9-17(15)19(13-16)20-11-5-8-14-6-2-4-10-18(14)20/h1-4,6-7,9-10,12-13,21H,5,8,11H2. The van der Waals surface area contributed by atoms with Crippen LogP contribution in [0.3, 0.4) is 0 Å². The van der Waals surface area contributed by atoms with Crippen molar-refractivity contribution in [3.05, 3.63) is 66.2 Å². The van der Waals surface area contributed by atoms with Crippen LogP contribution in [-0.4, -0.2) is 11.7 Å². The van der Waals surface area contributed by atoms with Crippen LogP contribution in [0.15, 0.2) is 60.7 Å². The summed E-state index contributed by atoms with van der Waals surface area (Å²) in [5.74, 6) is 0.326. The zero-order valence-corrected chi connectivity index (χ0v) is 11.8. The molecule has 1 aliphatic heterocycles. The normalized spacial score (nSPS) is 14.2. The fourth-order valence-electron chi connectivity index (χ4n) is 3.28. The second kappa shape index (κ2) is 4.81. The highest BCUT2D eigenvalue weighted by Gasteiger charge is 2.19. The van der Waals surface area contributed by atoms with Gasteiger partial charge in [-0.1, -0.05) is 42.5 Å². The summed E-state index contributed by atoms with van der Waals surface area (Å²) in [4.78, 5) is 2.33. The summed E-state index contributed by atoms with van der Waals surface area (Å²) < 4.78 is 0. The number of benzene rings is 3. The molecular weight excluding hydrogens is 258 g/mol. The summed E-state index contributed by atoms with van der Waals surface area (Å²) >= 11 is 0. The third-order valence-corrected chi connectivity index (χ3v) is 4.23. The molecule has 0 radical (unpaired) electrons. The van der Waals surface area contributed by atoms with Crippen LogP contribution in [0.5, 0.6) is 5.75 Å². The van der Waals surface area contributed by atoms with E-state index in [2.05, 4.69) is 47.4 Å². The third-order valence-electron chi connectivity index (χ3n) is 4.23. The molecule has 4 rings (SSSR count). The first kappa shape index (κ1) is 12.3. The average molecular weight is 275 g/mol. The quantitative estimate of drug-likeness (QED) is 0.700. The van der Waals surface area contributed by atoms with Crippen LogP contribution in [0.1, 0.15) is 12.0 Å². The van der Waals surface area contributed by atoms with Gasteiger partial charge in [-0.25, -0.2) is 0 Å². The molecule has 0 saturated carbocycles. The van der Waals surface area contributed by atoms with E-state index in [0.717, 1.165) is 30.5 Å². The molecule has 0 fully saturated rings. The van der Waals surface area contributed by atoms with Gasteiger partial charge < -0.3 is 10.0 Å². The molecule has 0 atom stereocenters. The minimum Gasteiger partial charge on any atom is -0.508 e. The van der Waals surface area contributed by atoms with Crippen molar-refractivity contribution in [2.24, 2.45) is 0 Å². The molecule has 1 heterocycles. The average Bonchev–Trinajstić information content (AvgIpc) is 2.53. The Morgan fingerprint density at radius 3 is 2.62 bits per heavy atom. The van der Waals surface area contributed by atoms with Crippen LogP contribution in [0.25, 0.3) is 10.8 Å². The number of fused-ring (bicyclic) bond motifs is 2. The summed E-state index contributed by atoms with van der Waals surface area (Å²) in [6, 6.07) is 20.5.